The van der Waals surface area contributed by atoms with E-state index in [-0.39, 0.29) is 0 Å². The average Bonchev–Trinajstić information content (AvgIpc) is 2.30. The molecule has 0 aromatic carbocycles. The van der Waals surface area contributed by atoms with Gasteiger partial charge in [-0.1, -0.05) is 44.9 Å². The van der Waals surface area contributed by atoms with Gasteiger partial charge in [-0.3, -0.25) is 11.3 Å². The minimum atomic E-state index is 0.617. The number of nitrogens with two attached hydrogens (primary N) is 1. The van der Waals surface area contributed by atoms with Crippen molar-refractivity contribution in [3.63, 3.8) is 0 Å². The molecule has 2 fully saturated rings. The first-order valence-corrected chi connectivity index (χ1v) is 6.38. The smallest absolute Gasteiger partial charge is 0.0241 e. The summed E-state index contributed by atoms with van der Waals surface area (Å²) in [4.78, 5) is 0. The molecule has 3 N–H and O–H groups in total. The van der Waals surface area contributed by atoms with Crippen LogP contribution in [0.4, 0.5) is 0 Å². The minimum Gasteiger partial charge on any atom is -0.271 e. The number of rotatable bonds is 2. The molecular formula is C12H24N2. The van der Waals surface area contributed by atoms with E-state index in [2.05, 4.69) is 5.43 Å². The van der Waals surface area contributed by atoms with Crippen LogP contribution in [0, 0.1) is 11.8 Å². The third kappa shape index (κ3) is 2.29. The predicted octanol–water partition coefficient (Wildman–Crippen LogP) is 2.59. The van der Waals surface area contributed by atoms with E-state index in [9.17, 15) is 0 Å². The minimum absolute atomic E-state index is 0.617. The number of hydrogen-bond acceptors (Lipinski definition) is 2. The van der Waals surface area contributed by atoms with Crippen LogP contribution >= 0.6 is 0 Å². The van der Waals surface area contributed by atoms with E-state index in [1.54, 1.807) is 0 Å². The van der Waals surface area contributed by atoms with Crippen molar-refractivity contribution < 1.29 is 0 Å². The Hall–Kier alpha value is -0.0800. The first-order valence-electron chi connectivity index (χ1n) is 6.38. The molecule has 0 radical (unpaired) electrons. The topological polar surface area (TPSA) is 38.0 Å². The lowest BCUT2D eigenvalue weighted by atomic mass is 9.71. The summed E-state index contributed by atoms with van der Waals surface area (Å²) in [5, 5.41) is 0. The van der Waals surface area contributed by atoms with E-state index < -0.39 is 0 Å². The lowest BCUT2D eigenvalue weighted by molar-refractivity contribution is 0.151. The molecule has 2 nitrogen and oxygen atoms in total. The van der Waals surface area contributed by atoms with Crippen molar-refractivity contribution in [2.45, 2.75) is 63.8 Å². The SMILES string of the molecule is NN[C@@H]1CCCC[C@@H]1C1CCCCC1. The lowest BCUT2D eigenvalue weighted by Crippen LogP contribution is -2.45. The zero-order valence-corrected chi connectivity index (χ0v) is 9.17. The Kier molecular flexibility index (Phi) is 3.82. The van der Waals surface area contributed by atoms with Gasteiger partial charge in [0, 0.05) is 6.04 Å². The van der Waals surface area contributed by atoms with Gasteiger partial charge in [0.05, 0.1) is 0 Å². The van der Waals surface area contributed by atoms with Crippen molar-refractivity contribution in [3.8, 4) is 0 Å². The Bertz CT molecular complexity index is 164. The number of hydrogen-bond donors (Lipinski definition) is 2. The van der Waals surface area contributed by atoms with Crippen LogP contribution in [-0.2, 0) is 0 Å². The van der Waals surface area contributed by atoms with Gasteiger partial charge >= 0.3 is 0 Å². The fraction of sp³-hybridized carbons (Fsp3) is 1.00. The Morgan fingerprint density at radius 2 is 1.43 bits per heavy atom. The van der Waals surface area contributed by atoms with Crippen LogP contribution in [-0.4, -0.2) is 6.04 Å². The average molecular weight is 196 g/mol. The van der Waals surface area contributed by atoms with Crippen LogP contribution in [0.15, 0.2) is 0 Å². The Labute approximate surface area is 87.6 Å². The fourth-order valence-electron chi connectivity index (χ4n) is 3.49. The molecule has 0 aromatic rings. The van der Waals surface area contributed by atoms with E-state index in [1.807, 2.05) is 0 Å². The molecule has 2 saturated carbocycles. The van der Waals surface area contributed by atoms with Crippen molar-refractivity contribution in [3.05, 3.63) is 0 Å². The summed E-state index contributed by atoms with van der Waals surface area (Å²) < 4.78 is 0. The van der Waals surface area contributed by atoms with Crippen molar-refractivity contribution in [2.75, 3.05) is 0 Å². The molecule has 0 spiro atoms. The molecule has 0 saturated heterocycles. The van der Waals surface area contributed by atoms with Crippen LogP contribution in [0.1, 0.15) is 57.8 Å². The maximum absolute atomic E-state index is 5.65. The highest BCUT2D eigenvalue weighted by Gasteiger charge is 2.31. The van der Waals surface area contributed by atoms with Crippen molar-refractivity contribution in [1.29, 1.82) is 0 Å². The summed E-state index contributed by atoms with van der Waals surface area (Å²) in [7, 11) is 0. The molecule has 14 heavy (non-hydrogen) atoms. The highest BCUT2D eigenvalue weighted by Crippen LogP contribution is 2.38. The zero-order chi connectivity index (χ0) is 9.80. The number of nitrogens with one attached hydrogen (secondary N) is 1. The van der Waals surface area contributed by atoms with Crippen molar-refractivity contribution in [2.24, 2.45) is 17.7 Å². The van der Waals surface area contributed by atoms with Gasteiger partial charge in [-0.25, -0.2) is 0 Å². The summed E-state index contributed by atoms with van der Waals surface area (Å²) in [5.74, 6) is 7.51. The van der Waals surface area contributed by atoms with E-state index in [4.69, 9.17) is 5.84 Å². The first-order chi connectivity index (χ1) is 6.92. The predicted molar refractivity (Wildman–Crippen MR) is 59.6 cm³/mol. The lowest BCUT2D eigenvalue weighted by Gasteiger charge is -2.38. The summed E-state index contributed by atoms with van der Waals surface area (Å²) in [5.41, 5.74) is 3.05. The van der Waals surface area contributed by atoms with Crippen molar-refractivity contribution in [1.82, 2.24) is 5.43 Å². The number of hydrazine groups is 1. The maximum atomic E-state index is 5.65. The van der Waals surface area contributed by atoms with Gasteiger partial charge in [-0.15, -0.1) is 0 Å². The van der Waals surface area contributed by atoms with E-state index in [0.717, 1.165) is 11.8 Å². The van der Waals surface area contributed by atoms with E-state index >= 15 is 0 Å². The highest BCUT2D eigenvalue weighted by molar-refractivity contribution is 4.85. The fourth-order valence-corrected chi connectivity index (χ4v) is 3.49. The van der Waals surface area contributed by atoms with Gasteiger partial charge in [0.1, 0.15) is 0 Å². The molecule has 2 aliphatic rings. The molecule has 2 rings (SSSR count). The largest absolute Gasteiger partial charge is 0.271 e. The first kappa shape index (κ1) is 10.4. The second kappa shape index (κ2) is 5.13. The third-order valence-electron chi connectivity index (χ3n) is 4.29. The van der Waals surface area contributed by atoms with Crippen LogP contribution in [0.25, 0.3) is 0 Å². The molecule has 0 aromatic heterocycles. The Balaban J connectivity index is 1.91. The summed E-state index contributed by atoms with van der Waals surface area (Å²) in [6.07, 6.45) is 12.8. The van der Waals surface area contributed by atoms with E-state index in [0.29, 0.717) is 6.04 Å². The quantitative estimate of drug-likeness (QED) is 0.526. The molecule has 0 bridgehead atoms. The molecule has 0 amide bonds. The van der Waals surface area contributed by atoms with Gasteiger partial charge in [0.25, 0.3) is 0 Å². The standard InChI is InChI=1S/C12H24N2/c13-14-12-9-5-4-8-11(12)10-6-2-1-3-7-10/h10-12,14H,1-9,13H2/t11-,12-/m1/s1. The Morgan fingerprint density at radius 3 is 2.14 bits per heavy atom. The van der Waals surface area contributed by atoms with Crippen molar-refractivity contribution >= 4 is 0 Å². The van der Waals surface area contributed by atoms with Crippen LogP contribution in [0.3, 0.4) is 0 Å². The summed E-state index contributed by atoms with van der Waals surface area (Å²) >= 11 is 0. The highest BCUT2D eigenvalue weighted by atomic mass is 15.2. The van der Waals surface area contributed by atoms with Crippen LogP contribution < -0.4 is 11.3 Å². The van der Waals surface area contributed by atoms with Gasteiger partial charge in [-0.2, -0.15) is 0 Å². The third-order valence-corrected chi connectivity index (χ3v) is 4.29. The van der Waals surface area contributed by atoms with Gasteiger partial charge < -0.3 is 0 Å². The molecule has 0 unspecified atom stereocenters. The van der Waals surface area contributed by atoms with Gasteiger partial charge in [0.15, 0.2) is 0 Å². The molecule has 2 aliphatic carbocycles. The Morgan fingerprint density at radius 1 is 0.786 bits per heavy atom. The van der Waals surface area contributed by atoms with Gasteiger partial charge in [0.2, 0.25) is 0 Å². The van der Waals surface area contributed by atoms with Crippen LogP contribution in [0.5, 0.6) is 0 Å². The van der Waals surface area contributed by atoms with Gasteiger partial charge in [-0.05, 0) is 24.7 Å². The maximum Gasteiger partial charge on any atom is 0.0241 e. The second-order valence-electron chi connectivity index (χ2n) is 5.12. The van der Waals surface area contributed by atoms with Crippen LogP contribution in [0.2, 0.25) is 0 Å². The summed E-state index contributed by atoms with van der Waals surface area (Å²) in [6.45, 7) is 0. The molecule has 0 heterocycles. The summed E-state index contributed by atoms with van der Waals surface area (Å²) in [6, 6.07) is 0.617. The normalized spacial score (nSPS) is 35.8. The monoisotopic (exact) mass is 196 g/mol. The molecule has 0 aliphatic heterocycles. The molecule has 2 heteroatoms. The molecule has 2 atom stereocenters. The molecule has 82 valence electrons. The van der Waals surface area contributed by atoms with E-state index in [1.165, 1.54) is 57.8 Å². The molecular weight excluding hydrogens is 172 g/mol. The zero-order valence-electron chi connectivity index (χ0n) is 9.17. The second-order valence-corrected chi connectivity index (χ2v) is 5.12.